The third-order valence-corrected chi connectivity index (χ3v) is 10.9. The summed E-state index contributed by atoms with van der Waals surface area (Å²) in [7, 11) is 4.26. The molecule has 1 N–H and O–H groups in total. The van der Waals surface area contributed by atoms with Gasteiger partial charge in [-0.05, 0) is 66.8 Å². The molecule has 5 aromatic rings. The average molecular weight is 880 g/mol. The molecule has 5 rings (SSSR count). The molecule has 0 saturated heterocycles. The van der Waals surface area contributed by atoms with Gasteiger partial charge in [-0.2, -0.15) is 0 Å². The predicted molar refractivity (Wildman–Crippen MR) is 213 cm³/mol. The minimum atomic E-state index is -0.337. The number of hydrogen-bond donors (Lipinski definition) is 1. The Kier molecular flexibility index (Phi) is 14.3. The molecule has 0 unspecified atom stereocenters. The van der Waals surface area contributed by atoms with Gasteiger partial charge in [-0.1, -0.05) is 105 Å². The SMILES string of the molecule is CCC(C)(CC)C(=O)/C=C(\O)C(C)(CC)CC.[CH2-][n+]1ccc(-c2nccc3oc(CC(C)C)cc23)cc1-c1[c-]c2ccccc2c(C(C)(C)C)c1.[Ir]. The van der Waals surface area contributed by atoms with Crippen molar-refractivity contribution in [2.75, 3.05) is 0 Å². The van der Waals surface area contributed by atoms with Crippen molar-refractivity contribution in [3.63, 3.8) is 0 Å². The monoisotopic (exact) mass is 880 g/mol. The van der Waals surface area contributed by atoms with Crippen LogP contribution in [0.5, 0.6) is 0 Å². The Morgan fingerprint density at radius 3 is 2.15 bits per heavy atom. The number of aliphatic hydroxyl groups is 1. The van der Waals surface area contributed by atoms with Crippen LogP contribution in [0.25, 0.3) is 44.3 Å². The van der Waals surface area contributed by atoms with Crippen LogP contribution in [-0.2, 0) is 36.7 Å². The van der Waals surface area contributed by atoms with Gasteiger partial charge < -0.3 is 14.1 Å². The maximum Gasteiger partial charge on any atom is 0.164 e. The summed E-state index contributed by atoms with van der Waals surface area (Å²) in [5.41, 5.74) is 5.57. The molecule has 281 valence electrons. The van der Waals surface area contributed by atoms with Gasteiger partial charge in [-0.25, -0.2) is 0 Å². The summed E-state index contributed by atoms with van der Waals surface area (Å²) >= 11 is 0. The fraction of sp³-hybridized carbons (Fsp3) is 0.435. The number of furan rings is 1. The summed E-state index contributed by atoms with van der Waals surface area (Å²) in [6.45, 7) is 23.3. The van der Waals surface area contributed by atoms with Gasteiger partial charge in [0.25, 0.3) is 0 Å². The fourth-order valence-electron chi connectivity index (χ4n) is 6.33. The van der Waals surface area contributed by atoms with E-state index in [0.29, 0.717) is 5.92 Å². The molecule has 2 aromatic carbocycles. The number of carbonyl (C=O) groups excluding carboxylic acids is 1. The van der Waals surface area contributed by atoms with Crippen LogP contribution in [0.15, 0.2) is 83.2 Å². The van der Waals surface area contributed by atoms with Crippen LogP contribution in [0.4, 0.5) is 0 Å². The van der Waals surface area contributed by atoms with Crippen LogP contribution < -0.4 is 4.57 Å². The van der Waals surface area contributed by atoms with Gasteiger partial charge in [-0.15, -0.1) is 29.1 Å². The summed E-state index contributed by atoms with van der Waals surface area (Å²) in [5, 5.41) is 13.5. The maximum atomic E-state index is 12.2. The van der Waals surface area contributed by atoms with Crippen LogP contribution in [0.3, 0.4) is 0 Å². The van der Waals surface area contributed by atoms with Gasteiger partial charge in [0, 0.05) is 62.1 Å². The number of benzene rings is 2. The van der Waals surface area contributed by atoms with Crippen LogP contribution in [0.2, 0.25) is 0 Å². The quantitative estimate of drug-likeness (QED) is 0.0621. The van der Waals surface area contributed by atoms with E-state index >= 15 is 0 Å². The van der Waals surface area contributed by atoms with Crippen molar-refractivity contribution in [1.82, 2.24) is 4.98 Å². The predicted octanol–water partition coefficient (Wildman–Crippen LogP) is 12.2. The van der Waals surface area contributed by atoms with E-state index in [9.17, 15) is 9.90 Å². The molecule has 0 spiro atoms. The van der Waals surface area contributed by atoms with E-state index in [1.807, 2.05) is 64.6 Å². The summed E-state index contributed by atoms with van der Waals surface area (Å²) in [6.07, 6.45) is 9.49. The third kappa shape index (κ3) is 9.43. The normalized spacial score (nSPS) is 12.5. The van der Waals surface area contributed by atoms with Gasteiger partial charge >= 0.3 is 0 Å². The molecule has 3 aromatic heterocycles. The molecule has 0 saturated carbocycles. The van der Waals surface area contributed by atoms with Gasteiger partial charge in [0.2, 0.25) is 0 Å². The molecular weight excluding hydrogens is 821 g/mol. The second-order valence-electron chi connectivity index (χ2n) is 16.0. The molecule has 0 bridgehead atoms. The van der Waals surface area contributed by atoms with E-state index in [2.05, 4.69) is 96.3 Å². The summed E-state index contributed by atoms with van der Waals surface area (Å²) in [5.74, 6) is 1.82. The standard InChI is InChI=1S/C31H31N2O.C15H28O2.Ir/c1-20(2)15-24-19-26-29(34-24)11-13-32-30(26)22-12-14-33(6)28(18-22)23-16-21-9-7-8-10-25(21)27(17-23)31(3,4)5;1-7-14(5,8-2)12(16)11-13(17)15(6,9-3)10-4;/h7-14,17-20H,6,15H2,1-5H3;11,16H,7-10H2,1-6H3;/q-1;;/b;12-11-;. The fourth-order valence-corrected chi connectivity index (χ4v) is 6.33. The molecule has 5 nitrogen and oxygen atoms in total. The van der Waals surface area contributed by atoms with E-state index in [1.165, 1.54) is 17.0 Å². The van der Waals surface area contributed by atoms with E-state index in [0.717, 1.165) is 76.7 Å². The molecule has 6 heteroatoms. The van der Waals surface area contributed by atoms with Crippen LogP contribution >= 0.6 is 0 Å². The molecular formula is C46H59IrN2O3-. The van der Waals surface area contributed by atoms with Crippen molar-refractivity contribution in [2.24, 2.45) is 16.7 Å². The zero-order valence-corrected chi connectivity index (χ0v) is 35.6. The van der Waals surface area contributed by atoms with Gasteiger partial charge in [0.05, 0.1) is 11.9 Å². The minimum Gasteiger partial charge on any atom is -0.512 e. The van der Waals surface area contributed by atoms with E-state index < -0.39 is 0 Å². The summed E-state index contributed by atoms with van der Waals surface area (Å²) in [6, 6.07) is 22.7. The summed E-state index contributed by atoms with van der Waals surface area (Å²) < 4.78 is 8.03. The second-order valence-corrected chi connectivity index (χ2v) is 16.0. The first-order chi connectivity index (χ1) is 24.0. The number of hydrogen-bond acceptors (Lipinski definition) is 4. The Labute approximate surface area is 326 Å². The maximum absolute atomic E-state index is 12.2. The van der Waals surface area contributed by atoms with Crippen molar-refractivity contribution in [3.05, 3.63) is 103 Å². The number of ketones is 1. The number of allylic oxidation sites excluding steroid dienone is 2. The molecule has 0 fully saturated rings. The first-order valence-corrected chi connectivity index (χ1v) is 18.7. The Morgan fingerprint density at radius 2 is 1.56 bits per heavy atom. The average Bonchev–Trinajstić information content (AvgIpc) is 3.52. The van der Waals surface area contributed by atoms with Gasteiger partial charge in [-0.3, -0.25) is 9.78 Å². The smallest absolute Gasteiger partial charge is 0.164 e. The number of pyridine rings is 2. The van der Waals surface area contributed by atoms with Crippen molar-refractivity contribution in [1.29, 1.82) is 0 Å². The first kappa shape index (κ1) is 42.7. The largest absolute Gasteiger partial charge is 0.512 e. The summed E-state index contributed by atoms with van der Waals surface area (Å²) in [4.78, 5) is 16.9. The minimum absolute atomic E-state index is 0. The van der Waals surface area contributed by atoms with Crippen LogP contribution in [0, 0.1) is 29.9 Å². The van der Waals surface area contributed by atoms with Crippen molar-refractivity contribution in [3.8, 4) is 22.5 Å². The zero-order chi connectivity index (χ0) is 37.7. The van der Waals surface area contributed by atoms with Crippen LogP contribution in [0.1, 0.15) is 113 Å². The van der Waals surface area contributed by atoms with Gasteiger partial charge in [0.15, 0.2) is 5.78 Å². The molecule has 0 aliphatic heterocycles. The topological polar surface area (TPSA) is 67.2 Å². The molecule has 0 atom stereocenters. The molecule has 1 radical (unpaired) electrons. The Hall–Kier alpha value is -3.73. The molecule has 0 amide bonds. The molecule has 52 heavy (non-hydrogen) atoms. The number of aliphatic hydroxyl groups excluding tert-OH is 1. The molecule has 0 aliphatic rings. The van der Waals surface area contributed by atoms with Crippen molar-refractivity contribution >= 4 is 27.5 Å². The van der Waals surface area contributed by atoms with Crippen LogP contribution in [-0.4, -0.2) is 15.9 Å². The number of nitrogens with zero attached hydrogens (tertiary/aromatic N) is 2. The van der Waals surface area contributed by atoms with Crippen molar-refractivity contribution in [2.45, 2.75) is 114 Å². The Bertz CT molecular complexity index is 2010. The second kappa shape index (κ2) is 17.4. The van der Waals surface area contributed by atoms with E-state index in [-0.39, 0.29) is 47.9 Å². The Morgan fingerprint density at radius 1 is 0.923 bits per heavy atom. The third-order valence-electron chi connectivity index (χ3n) is 10.9. The Balaban J connectivity index is 0.000000347. The van der Waals surface area contributed by atoms with E-state index in [4.69, 9.17) is 9.40 Å². The number of aromatic nitrogens is 2. The molecule has 3 heterocycles. The van der Waals surface area contributed by atoms with Crippen molar-refractivity contribution < 1.29 is 39.0 Å². The number of rotatable bonds is 11. The van der Waals surface area contributed by atoms with Gasteiger partial charge in [0.1, 0.15) is 22.8 Å². The number of carbonyl (C=O) groups is 1. The molecule has 0 aliphatic carbocycles. The van der Waals surface area contributed by atoms with E-state index in [1.54, 1.807) is 0 Å². The number of fused-ring (bicyclic) bond motifs is 2. The first-order valence-electron chi connectivity index (χ1n) is 18.7. The zero-order valence-electron chi connectivity index (χ0n) is 33.2.